The minimum atomic E-state index is -0.0630. The van der Waals surface area contributed by atoms with Crippen LogP contribution in [0.15, 0.2) is 18.2 Å². The maximum absolute atomic E-state index is 12.3. The number of likely N-dealkylation sites (N-methyl/N-ethyl adjacent to an activating group) is 1. The molecule has 0 radical (unpaired) electrons. The Morgan fingerprint density at radius 3 is 2.56 bits per heavy atom. The van der Waals surface area contributed by atoms with Crippen molar-refractivity contribution in [3.63, 3.8) is 0 Å². The summed E-state index contributed by atoms with van der Waals surface area (Å²) in [5, 5.41) is 9.78. The number of phenolic OH excluding ortho intramolecular Hbond substituents is 1. The highest BCUT2D eigenvalue weighted by atomic mass is 16.3. The molecule has 4 heteroatoms. The van der Waals surface area contributed by atoms with Crippen molar-refractivity contribution in [2.24, 2.45) is 0 Å². The Morgan fingerprint density at radius 2 is 1.94 bits per heavy atom. The number of carbonyl (C=O) groups excluding carboxylic acids is 1. The Kier molecular flexibility index (Phi) is 3.87. The van der Waals surface area contributed by atoms with E-state index in [0.29, 0.717) is 5.56 Å². The summed E-state index contributed by atoms with van der Waals surface area (Å²) in [7, 11) is 0. The fourth-order valence-corrected chi connectivity index (χ4v) is 2.26. The summed E-state index contributed by atoms with van der Waals surface area (Å²) in [6.45, 7) is 8.37. The topological polar surface area (TPSA) is 43.8 Å². The quantitative estimate of drug-likeness (QED) is 0.862. The minimum absolute atomic E-state index is 0.0630. The number of carbonyl (C=O) groups is 1. The van der Waals surface area contributed by atoms with Gasteiger partial charge in [-0.05, 0) is 25.6 Å². The third-order valence-corrected chi connectivity index (χ3v) is 3.49. The molecule has 1 N–H and O–H groups in total. The average molecular weight is 248 g/mol. The number of nitrogens with zero attached hydrogens (tertiary/aromatic N) is 2. The van der Waals surface area contributed by atoms with Gasteiger partial charge in [0.15, 0.2) is 0 Å². The first-order chi connectivity index (χ1) is 8.61. The second kappa shape index (κ2) is 5.40. The fraction of sp³-hybridized carbons (Fsp3) is 0.500. The zero-order valence-electron chi connectivity index (χ0n) is 11.0. The molecule has 1 aliphatic heterocycles. The third kappa shape index (κ3) is 2.64. The molecule has 0 aliphatic carbocycles. The van der Waals surface area contributed by atoms with Crippen LogP contribution in [0.1, 0.15) is 22.8 Å². The van der Waals surface area contributed by atoms with E-state index in [4.69, 9.17) is 0 Å². The van der Waals surface area contributed by atoms with Gasteiger partial charge in [0, 0.05) is 26.2 Å². The van der Waals surface area contributed by atoms with E-state index < -0.39 is 0 Å². The fourth-order valence-electron chi connectivity index (χ4n) is 2.26. The van der Waals surface area contributed by atoms with E-state index >= 15 is 0 Å². The van der Waals surface area contributed by atoms with Crippen LogP contribution in [0.25, 0.3) is 0 Å². The number of rotatable bonds is 2. The Bertz CT molecular complexity index is 437. The van der Waals surface area contributed by atoms with Crippen LogP contribution in [0.2, 0.25) is 0 Å². The standard InChI is InChI=1S/C14H20N2O2/c1-3-15-6-8-16(9-7-15)14(18)12-10-11(2)4-5-13(12)17/h4-5,10,17H,3,6-9H2,1-2H3. The van der Waals surface area contributed by atoms with Gasteiger partial charge >= 0.3 is 0 Å². The molecule has 0 spiro atoms. The van der Waals surface area contributed by atoms with Gasteiger partial charge in [-0.15, -0.1) is 0 Å². The van der Waals surface area contributed by atoms with Gasteiger partial charge in [-0.1, -0.05) is 18.6 Å². The van der Waals surface area contributed by atoms with Gasteiger partial charge in [-0.3, -0.25) is 4.79 Å². The molecule has 1 aromatic carbocycles. The molecule has 1 saturated heterocycles. The van der Waals surface area contributed by atoms with Crippen molar-refractivity contribution in [3.05, 3.63) is 29.3 Å². The minimum Gasteiger partial charge on any atom is -0.507 e. The summed E-state index contributed by atoms with van der Waals surface area (Å²) < 4.78 is 0. The maximum Gasteiger partial charge on any atom is 0.257 e. The van der Waals surface area contributed by atoms with Crippen molar-refractivity contribution in [3.8, 4) is 5.75 Å². The summed E-state index contributed by atoms with van der Waals surface area (Å²) in [5.41, 5.74) is 1.41. The van der Waals surface area contributed by atoms with Crippen molar-refractivity contribution < 1.29 is 9.90 Å². The van der Waals surface area contributed by atoms with Crippen molar-refractivity contribution in [1.82, 2.24) is 9.80 Å². The van der Waals surface area contributed by atoms with Gasteiger partial charge in [0.25, 0.3) is 5.91 Å². The van der Waals surface area contributed by atoms with Gasteiger partial charge in [0.2, 0.25) is 0 Å². The van der Waals surface area contributed by atoms with Crippen molar-refractivity contribution in [1.29, 1.82) is 0 Å². The van der Waals surface area contributed by atoms with Crippen LogP contribution in [0.5, 0.6) is 5.75 Å². The van der Waals surface area contributed by atoms with Crippen LogP contribution in [0.4, 0.5) is 0 Å². The highest BCUT2D eigenvalue weighted by Crippen LogP contribution is 2.20. The second-order valence-corrected chi connectivity index (χ2v) is 4.75. The lowest BCUT2D eigenvalue weighted by Crippen LogP contribution is -2.48. The molecule has 0 unspecified atom stereocenters. The van der Waals surface area contributed by atoms with E-state index in [0.717, 1.165) is 38.3 Å². The smallest absolute Gasteiger partial charge is 0.257 e. The molecule has 98 valence electrons. The number of aromatic hydroxyl groups is 1. The Hall–Kier alpha value is -1.55. The predicted molar refractivity (Wildman–Crippen MR) is 70.9 cm³/mol. The van der Waals surface area contributed by atoms with E-state index in [1.54, 1.807) is 18.2 Å². The first kappa shape index (κ1) is 12.9. The number of piperazine rings is 1. The number of benzene rings is 1. The molecule has 1 aromatic rings. The second-order valence-electron chi connectivity index (χ2n) is 4.75. The molecular formula is C14H20N2O2. The lowest BCUT2D eigenvalue weighted by Gasteiger charge is -2.34. The number of amides is 1. The first-order valence-electron chi connectivity index (χ1n) is 6.43. The van der Waals surface area contributed by atoms with Gasteiger partial charge in [-0.25, -0.2) is 0 Å². The number of phenols is 1. The zero-order valence-corrected chi connectivity index (χ0v) is 11.0. The summed E-state index contributed by atoms with van der Waals surface area (Å²) >= 11 is 0. The lowest BCUT2D eigenvalue weighted by atomic mass is 10.1. The normalized spacial score (nSPS) is 16.9. The first-order valence-corrected chi connectivity index (χ1v) is 6.43. The molecule has 1 heterocycles. The van der Waals surface area contributed by atoms with E-state index in [9.17, 15) is 9.90 Å². The predicted octanol–water partition coefficient (Wildman–Crippen LogP) is 1.48. The average Bonchev–Trinajstić information content (AvgIpc) is 2.41. The van der Waals surface area contributed by atoms with Crippen molar-refractivity contribution >= 4 is 5.91 Å². The van der Waals surface area contributed by atoms with Gasteiger partial charge in [0.1, 0.15) is 5.75 Å². The number of hydrogen-bond acceptors (Lipinski definition) is 3. The number of hydrogen-bond donors (Lipinski definition) is 1. The monoisotopic (exact) mass is 248 g/mol. The van der Waals surface area contributed by atoms with E-state index in [-0.39, 0.29) is 11.7 Å². The summed E-state index contributed by atoms with van der Waals surface area (Å²) in [6, 6.07) is 5.15. The molecule has 0 bridgehead atoms. The SMILES string of the molecule is CCN1CCN(C(=O)c2cc(C)ccc2O)CC1. The van der Waals surface area contributed by atoms with Gasteiger partial charge in [-0.2, -0.15) is 0 Å². The zero-order chi connectivity index (χ0) is 13.1. The summed E-state index contributed by atoms with van der Waals surface area (Å²) in [6.07, 6.45) is 0. The molecule has 0 saturated carbocycles. The number of aryl methyl sites for hydroxylation is 1. The summed E-state index contributed by atoms with van der Waals surface area (Å²) in [4.78, 5) is 16.5. The van der Waals surface area contributed by atoms with Gasteiger partial charge in [0.05, 0.1) is 5.56 Å². The Balaban J connectivity index is 2.10. The molecule has 18 heavy (non-hydrogen) atoms. The van der Waals surface area contributed by atoms with Crippen LogP contribution in [0, 0.1) is 6.92 Å². The van der Waals surface area contributed by atoms with Crippen LogP contribution in [0.3, 0.4) is 0 Å². The van der Waals surface area contributed by atoms with E-state index in [1.165, 1.54) is 0 Å². The molecule has 0 aromatic heterocycles. The molecule has 0 atom stereocenters. The lowest BCUT2D eigenvalue weighted by molar-refractivity contribution is 0.0640. The largest absolute Gasteiger partial charge is 0.507 e. The molecule has 2 rings (SSSR count). The molecule has 1 amide bonds. The van der Waals surface area contributed by atoms with Crippen LogP contribution in [-0.2, 0) is 0 Å². The highest BCUT2D eigenvalue weighted by Gasteiger charge is 2.23. The molecular weight excluding hydrogens is 228 g/mol. The highest BCUT2D eigenvalue weighted by molar-refractivity contribution is 5.97. The van der Waals surface area contributed by atoms with Crippen molar-refractivity contribution in [2.45, 2.75) is 13.8 Å². The van der Waals surface area contributed by atoms with Crippen LogP contribution < -0.4 is 0 Å². The summed E-state index contributed by atoms with van der Waals surface area (Å²) in [5.74, 6) is 0.00970. The Morgan fingerprint density at radius 1 is 1.28 bits per heavy atom. The van der Waals surface area contributed by atoms with Crippen molar-refractivity contribution in [2.75, 3.05) is 32.7 Å². The maximum atomic E-state index is 12.3. The van der Waals surface area contributed by atoms with E-state index in [1.807, 2.05) is 11.8 Å². The van der Waals surface area contributed by atoms with Crippen LogP contribution >= 0.6 is 0 Å². The van der Waals surface area contributed by atoms with Gasteiger partial charge < -0.3 is 14.9 Å². The Labute approximate surface area is 108 Å². The van der Waals surface area contributed by atoms with E-state index in [2.05, 4.69) is 11.8 Å². The van der Waals surface area contributed by atoms with Crippen LogP contribution in [-0.4, -0.2) is 53.5 Å². The molecule has 1 fully saturated rings. The molecule has 1 aliphatic rings. The third-order valence-electron chi connectivity index (χ3n) is 3.49. The molecule has 4 nitrogen and oxygen atoms in total.